The first-order valence-electron chi connectivity index (χ1n) is 2.67. The van der Waals surface area contributed by atoms with Crippen LogP contribution in [0.25, 0.3) is 0 Å². The predicted octanol–water partition coefficient (Wildman–Crippen LogP) is -0.454. The van der Waals surface area contributed by atoms with Crippen molar-refractivity contribution in [3.8, 4) is 0 Å². The minimum atomic E-state index is -0.429. The molecular formula is C5H9N2O. The van der Waals surface area contributed by atoms with Crippen LogP contribution in [-0.4, -0.2) is 35.7 Å². The molecule has 8 heavy (non-hydrogen) atoms. The van der Waals surface area contributed by atoms with Gasteiger partial charge >= 0.3 is 0 Å². The number of aliphatic imine (C=N–C) groups is 1. The van der Waals surface area contributed by atoms with E-state index in [-0.39, 0.29) is 0 Å². The Morgan fingerprint density at radius 2 is 2.62 bits per heavy atom. The Hall–Kier alpha value is -0.570. The Bertz CT molecular complexity index is 101. The average molecular weight is 113 g/mol. The van der Waals surface area contributed by atoms with Gasteiger partial charge in [0.1, 0.15) is 6.23 Å². The van der Waals surface area contributed by atoms with Crippen molar-refractivity contribution in [3.63, 3.8) is 0 Å². The molecule has 0 aromatic heterocycles. The maximum atomic E-state index is 8.86. The van der Waals surface area contributed by atoms with Gasteiger partial charge in [-0.15, -0.1) is 0 Å². The van der Waals surface area contributed by atoms with E-state index in [9.17, 15) is 0 Å². The van der Waals surface area contributed by atoms with Crippen LogP contribution in [0.3, 0.4) is 0 Å². The van der Waals surface area contributed by atoms with Gasteiger partial charge in [0.25, 0.3) is 0 Å². The second-order valence-corrected chi connectivity index (χ2v) is 1.81. The molecule has 0 saturated heterocycles. The molecule has 45 valence electrons. The molecule has 0 saturated carbocycles. The summed E-state index contributed by atoms with van der Waals surface area (Å²) in [4.78, 5) is 5.47. The van der Waals surface area contributed by atoms with Gasteiger partial charge in [-0.3, -0.25) is 4.99 Å². The van der Waals surface area contributed by atoms with E-state index in [1.165, 1.54) is 0 Å². The first-order valence-corrected chi connectivity index (χ1v) is 2.67. The van der Waals surface area contributed by atoms with Crippen molar-refractivity contribution in [2.24, 2.45) is 4.99 Å². The highest BCUT2D eigenvalue weighted by Gasteiger charge is 2.09. The Morgan fingerprint density at radius 3 is 2.88 bits per heavy atom. The zero-order chi connectivity index (χ0) is 5.98. The Labute approximate surface area is 48.6 Å². The minimum absolute atomic E-state index is 0.429. The predicted molar refractivity (Wildman–Crippen MR) is 30.7 cm³/mol. The van der Waals surface area contributed by atoms with Gasteiger partial charge in [-0.05, 0) is 6.92 Å². The molecule has 1 radical (unpaired) electrons. The molecule has 1 N–H and O–H groups in total. The number of nitrogens with zero attached hydrogens (tertiary/aromatic N) is 2. The third-order valence-corrected chi connectivity index (χ3v) is 1.10. The summed E-state index contributed by atoms with van der Waals surface area (Å²) in [6.45, 7) is 3.27. The number of rotatable bonds is 1. The smallest absolute Gasteiger partial charge is 0.169 e. The van der Waals surface area contributed by atoms with Gasteiger partial charge < -0.3 is 10.0 Å². The second-order valence-electron chi connectivity index (χ2n) is 1.81. The second kappa shape index (κ2) is 2.13. The molecule has 0 spiro atoms. The fourth-order valence-corrected chi connectivity index (χ4v) is 0.619. The van der Waals surface area contributed by atoms with E-state index in [0.717, 1.165) is 13.1 Å². The van der Waals surface area contributed by atoms with Crippen LogP contribution in [0.4, 0.5) is 0 Å². The summed E-state index contributed by atoms with van der Waals surface area (Å²) in [7, 11) is 0. The highest BCUT2D eigenvalue weighted by Crippen LogP contribution is 1.96. The molecule has 1 rings (SSSR count). The molecule has 1 heterocycles. The highest BCUT2D eigenvalue weighted by molar-refractivity contribution is 5.57. The van der Waals surface area contributed by atoms with E-state index in [0.29, 0.717) is 0 Å². The van der Waals surface area contributed by atoms with Crippen LogP contribution in [0.15, 0.2) is 4.99 Å². The molecule has 1 atom stereocenters. The molecule has 0 amide bonds. The van der Waals surface area contributed by atoms with E-state index in [4.69, 9.17) is 5.11 Å². The van der Waals surface area contributed by atoms with Gasteiger partial charge in [-0.25, -0.2) is 0 Å². The summed E-state index contributed by atoms with van der Waals surface area (Å²) in [6.07, 6.45) is 2.23. The molecular weight excluding hydrogens is 104 g/mol. The molecule has 1 aliphatic rings. The SMILES string of the molecule is CC(O)N1[C]=NCC1. The lowest BCUT2D eigenvalue weighted by atomic mass is 10.5. The van der Waals surface area contributed by atoms with Crippen molar-refractivity contribution in [2.75, 3.05) is 13.1 Å². The first kappa shape index (κ1) is 5.56. The summed E-state index contributed by atoms with van der Waals surface area (Å²) in [6, 6.07) is 0. The lowest BCUT2D eigenvalue weighted by molar-refractivity contribution is 0.0814. The van der Waals surface area contributed by atoms with E-state index < -0.39 is 6.23 Å². The number of aliphatic hydroxyl groups is 1. The normalized spacial score (nSPS) is 22.0. The summed E-state index contributed by atoms with van der Waals surface area (Å²) in [5.41, 5.74) is 0. The van der Waals surface area contributed by atoms with Crippen LogP contribution in [0.2, 0.25) is 0 Å². The third-order valence-electron chi connectivity index (χ3n) is 1.10. The van der Waals surface area contributed by atoms with Crippen molar-refractivity contribution in [1.82, 2.24) is 4.90 Å². The van der Waals surface area contributed by atoms with E-state index >= 15 is 0 Å². The molecule has 1 aliphatic heterocycles. The molecule has 1 unspecified atom stereocenters. The van der Waals surface area contributed by atoms with E-state index in [1.807, 2.05) is 0 Å². The number of hydrogen-bond donors (Lipinski definition) is 1. The minimum Gasteiger partial charge on any atom is -0.374 e. The Balaban J connectivity index is 2.36. The topological polar surface area (TPSA) is 35.8 Å². The fraction of sp³-hybridized carbons (Fsp3) is 0.800. The van der Waals surface area contributed by atoms with Gasteiger partial charge in [0.05, 0.1) is 6.54 Å². The summed E-state index contributed by atoms with van der Waals surface area (Å²) >= 11 is 0. The van der Waals surface area contributed by atoms with Crippen LogP contribution in [0.5, 0.6) is 0 Å². The highest BCUT2D eigenvalue weighted by atomic mass is 16.3. The third kappa shape index (κ3) is 0.980. The lowest BCUT2D eigenvalue weighted by Gasteiger charge is -2.14. The lowest BCUT2D eigenvalue weighted by Crippen LogP contribution is -2.29. The summed E-state index contributed by atoms with van der Waals surface area (Å²) in [5.74, 6) is 0. The summed E-state index contributed by atoms with van der Waals surface area (Å²) < 4.78 is 0. The van der Waals surface area contributed by atoms with Crippen molar-refractivity contribution in [1.29, 1.82) is 0 Å². The van der Waals surface area contributed by atoms with Crippen molar-refractivity contribution in [2.45, 2.75) is 13.2 Å². The average Bonchev–Trinajstić information content (AvgIpc) is 2.12. The van der Waals surface area contributed by atoms with Crippen LogP contribution in [0, 0.1) is 0 Å². The van der Waals surface area contributed by atoms with Crippen molar-refractivity contribution < 1.29 is 5.11 Å². The molecule has 3 nitrogen and oxygen atoms in total. The standard InChI is InChI=1S/C5H9N2O/c1-5(8)7-3-2-6-4-7/h5,8H,2-3H2,1H3. The van der Waals surface area contributed by atoms with Crippen LogP contribution in [0.1, 0.15) is 6.92 Å². The first-order chi connectivity index (χ1) is 3.80. The largest absolute Gasteiger partial charge is 0.374 e. The van der Waals surface area contributed by atoms with Crippen molar-refractivity contribution >= 4 is 6.34 Å². The molecule has 3 heteroatoms. The molecule has 0 fully saturated rings. The number of aliphatic hydroxyl groups excluding tert-OH is 1. The number of hydrogen-bond acceptors (Lipinski definition) is 3. The van der Waals surface area contributed by atoms with Crippen LogP contribution in [-0.2, 0) is 0 Å². The van der Waals surface area contributed by atoms with Crippen LogP contribution < -0.4 is 0 Å². The van der Waals surface area contributed by atoms with Gasteiger partial charge in [0.2, 0.25) is 0 Å². The van der Waals surface area contributed by atoms with Gasteiger partial charge in [0, 0.05) is 6.54 Å². The zero-order valence-electron chi connectivity index (χ0n) is 4.83. The monoisotopic (exact) mass is 113 g/mol. The van der Waals surface area contributed by atoms with Gasteiger partial charge in [-0.1, -0.05) is 0 Å². The fourth-order valence-electron chi connectivity index (χ4n) is 0.619. The molecule has 0 aromatic rings. The quantitative estimate of drug-likeness (QED) is 0.499. The van der Waals surface area contributed by atoms with E-state index in [1.54, 1.807) is 11.8 Å². The van der Waals surface area contributed by atoms with Gasteiger partial charge in [-0.2, -0.15) is 0 Å². The Kier molecular flexibility index (Phi) is 1.48. The maximum Gasteiger partial charge on any atom is 0.169 e. The molecule has 0 aliphatic carbocycles. The maximum absolute atomic E-state index is 8.86. The molecule has 0 aromatic carbocycles. The van der Waals surface area contributed by atoms with Crippen LogP contribution >= 0.6 is 0 Å². The van der Waals surface area contributed by atoms with Gasteiger partial charge in [0.15, 0.2) is 6.34 Å². The van der Waals surface area contributed by atoms with E-state index in [2.05, 4.69) is 11.3 Å². The Morgan fingerprint density at radius 1 is 1.88 bits per heavy atom. The summed E-state index contributed by atoms with van der Waals surface area (Å²) in [5, 5.41) is 8.86. The van der Waals surface area contributed by atoms with Crippen molar-refractivity contribution in [3.05, 3.63) is 0 Å². The zero-order valence-corrected chi connectivity index (χ0v) is 4.83. The molecule has 0 bridgehead atoms.